The van der Waals surface area contributed by atoms with E-state index in [9.17, 15) is 22.8 Å². The van der Waals surface area contributed by atoms with Gasteiger partial charge in [0.25, 0.3) is 5.91 Å². The molecule has 0 atom stereocenters. The molecular weight excluding hydrogens is 367 g/mol. The van der Waals surface area contributed by atoms with Crippen molar-refractivity contribution in [2.75, 3.05) is 26.1 Å². The highest BCUT2D eigenvalue weighted by Crippen LogP contribution is 2.34. The molecule has 0 aliphatic carbocycles. The third-order valence-electron chi connectivity index (χ3n) is 3.47. The Kier molecular flexibility index (Phi) is 6.27. The van der Waals surface area contributed by atoms with Gasteiger partial charge in [-0.1, -0.05) is 18.2 Å². The van der Waals surface area contributed by atoms with E-state index >= 15 is 0 Å². The van der Waals surface area contributed by atoms with Gasteiger partial charge in [-0.3, -0.25) is 4.79 Å². The molecule has 0 saturated heterocycles. The number of carbonyl (C=O) groups is 2. The number of alkyl halides is 3. The number of hydrogen-bond acceptors (Lipinski definition) is 5. The van der Waals surface area contributed by atoms with Gasteiger partial charge in [0, 0.05) is 0 Å². The predicted octanol–water partition coefficient (Wildman–Crippen LogP) is 3.52. The SMILES string of the molecule is COc1cccc(OC)c1C(=O)OCC(=O)Nc1ccccc1C(F)(F)F. The molecule has 0 aliphatic rings. The molecule has 0 heterocycles. The van der Waals surface area contributed by atoms with Crippen LogP contribution in [0.15, 0.2) is 42.5 Å². The van der Waals surface area contributed by atoms with Crippen molar-refractivity contribution in [2.45, 2.75) is 6.18 Å². The van der Waals surface area contributed by atoms with Crippen LogP contribution in [0, 0.1) is 0 Å². The van der Waals surface area contributed by atoms with Gasteiger partial charge in [0.1, 0.15) is 17.1 Å². The van der Waals surface area contributed by atoms with Crippen LogP contribution >= 0.6 is 0 Å². The molecule has 2 rings (SSSR count). The standard InChI is InChI=1S/C18H16F3NO5/c1-25-13-8-5-9-14(26-2)16(13)17(24)27-10-15(23)22-12-7-4-3-6-11(12)18(19,20)21/h3-9H,10H2,1-2H3,(H,22,23). The number of nitrogens with one attached hydrogen (secondary N) is 1. The zero-order chi connectivity index (χ0) is 20.0. The van der Waals surface area contributed by atoms with Crippen molar-refractivity contribution < 1.29 is 37.0 Å². The Balaban J connectivity index is 2.08. The minimum Gasteiger partial charge on any atom is -0.496 e. The summed E-state index contributed by atoms with van der Waals surface area (Å²) in [5.41, 5.74) is -1.47. The monoisotopic (exact) mass is 383 g/mol. The quantitative estimate of drug-likeness (QED) is 0.773. The lowest BCUT2D eigenvalue weighted by molar-refractivity contribution is -0.137. The minimum atomic E-state index is -4.63. The van der Waals surface area contributed by atoms with E-state index in [-0.39, 0.29) is 17.1 Å². The molecule has 0 aliphatic heterocycles. The highest BCUT2D eigenvalue weighted by atomic mass is 19.4. The maximum atomic E-state index is 12.9. The van der Waals surface area contributed by atoms with Gasteiger partial charge in [0.2, 0.25) is 0 Å². The average molecular weight is 383 g/mol. The number of para-hydroxylation sites is 1. The largest absolute Gasteiger partial charge is 0.496 e. The van der Waals surface area contributed by atoms with Gasteiger partial charge < -0.3 is 19.5 Å². The minimum absolute atomic E-state index is 0.0361. The molecule has 0 bridgehead atoms. The lowest BCUT2D eigenvalue weighted by Crippen LogP contribution is -2.23. The second kappa shape index (κ2) is 8.43. The highest BCUT2D eigenvalue weighted by molar-refractivity contribution is 5.98. The van der Waals surface area contributed by atoms with Crippen LogP contribution in [0.2, 0.25) is 0 Å². The van der Waals surface area contributed by atoms with Gasteiger partial charge in [-0.15, -0.1) is 0 Å². The van der Waals surface area contributed by atoms with E-state index in [0.717, 1.165) is 12.1 Å². The molecule has 0 spiro atoms. The molecule has 2 aromatic rings. The number of ether oxygens (including phenoxy) is 3. The van der Waals surface area contributed by atoms with Crippen molar-refractivity contribution >= 4 is 17.6 Å². The van der Waals surface area contributed by atoms with Gasteiger partial charge in [-0.05, 0) is 24.3 Å². The fraction of sp³-hybridized carbons (Fsp3) is 0.222. The summed E-state index contributed by atoms with van der Waals surface area (Å²) in [6, 6.07) is 9.07. The number of hydrogen-bond donors (Lipinski definition) is 1. The second-order valence-electron chi connectivity index (χ2n) is 5.21. The van der Waals surface area contributed by atoms with Crippen molar-refractivity contribution in [1.29, 1.82) is 0 Å². The van der Waals surface area contributed by atoms with E-state index in [1.807, 2.05) is 0 Å². The smallest absolute Gasteiger partial charge is 0.418 e. The lowest BCUT2D eigenvalue weighted by atomic mass is 10.1. The fourth-order valence-electron chi connectivity index (χ4n) is 2.28. The summed E-state index contributed by atoms with van der Waals surface area (Å²) < 4.78 is 53.8. The summed E-state index contributed by atoms with van der Waals surface area (Å²) >= 11 is 0. The highest BCUT2D eigenvalue weighted by Gasteiger charge is 2.33. The molecule has 0 unspecified atom stereocenters. The third kappa shape index (κ3) is 4.90. The average Bonchev–Trinajstić information content (AvgIpc) is 2.64. The number of rotatable bonds is 6. The van der Waals surface area contributed by atoms with Crippen LogP contribution in [0.4, 0.5) is 18.9 Å². The molecule has 0 fully saturated rings. The molecule has 144 valence electrons. The van der Waals surface area contributed by atoms with E-state index in [2.05, 4.69) is 5.32 Å². The number of carbonyl (C=O) groups excluding carboxylic acids is 2. The molecule has 0 radical (unpaired) electrons. The Labute approximate surface area is 152 Å². The van der Waals surface area contributed by atoms with Crippen molar-refractivity contribution in [2.24, 2.45) is 0 Å². The molecule has 0 aromatic heterocycles. The first kappa shape index (κ1) is 20.1. The summed E-state index contributed by atoms with van der Waals surface area (Å²) in [7, 11) is 2.68. The van der Waals surface area contributed by atoms with Crippen LogP contribution < -0.4 is 14.8 Å². The third-order valence-corrected chi connectivity index (χ3v) is 3.47. The Morgan fingerprint density at radius 3 is 2.11 bits per heavy atom. The molecule has 2 aromatic carbocycles. The number of esters is 1. The topological polar surface area (TPSA) is 73.9 Å². The first-order chi connectivity index (χ1) is 12.8. The molecular formula is C18H16F3NO5. The van der Waals surface area contributed by atoms with Gasteiger partial charge in [-0.25, -0.2) is 4.79 Å². The number of benzene rings is 2. The van der Waals surface area contributed by atoms with Gasteiger partial charge in [0.05, 0.1) is 25.5 Å². The fourth-order valence-corrected chi connectivity index (χ4v) is 2.28. The Morgan fingerprint density at radius 1 is 0.963 bits per heavy atom. The van der Waals surface area contributed by atoms with Crippen LogP contribution in [-0.2, 0) is 15.7 Å². The summed E-state index contributed by atoms with van der Waals surface area (Å²) in [5, 5.41) is 2.08. The van der Waals surface area contributed by atoms with E-state index in [1.54, 1.807) is 6.07 Å². The Hall–Kier alpha value is -3.23. The van der Waals surface area contributed by atoms with Crippen molar-refractivity contribution in [1.82, 2.24) is 0 Å². The number of anilines is 1. The second-order valence-corrected chi connectivity index (χ2v) is 5.21. The normalized spacial score (nSPS) is 10.9. The van der Waals surface area contributed by atoms with Crippen LogP contribution in [-0.4, -0.2) is 32.7 Å². The molecule has 0 saturated carbocycles. The lowest BCUT2D eigenvalue weighted by Gasteiger charge is -2.14. The maximum Gasteiger partial charge on any atom is 0.418 e. The zero-order valence-corrected chi connectivity index (χ0v) is 14.4. The van der Waals surface area contributed by atoms with Crippen molar-refractivity contribution in [3.05, 3.63) is 53.6 Å². The van der Waals surface area contributed by atoms with Crippen LogP contribution in [0.5, 0.6) is 11.5 Å². The summed E-state index contributed by atoms with van der Waals surface area (Å²) in [4.78, 5) is 24.2. The first-order valence-corrected chi connectivity index (χ1v) is 7.62. The Morgan fingerprint density at radius 2 is 1.56 bits per heavy atom. The van der Waals surface area contributed by atoms with E-state index in [0.29, 0.717) is 0 Å². The number of methoxy groups -OCH3 is 2. The molecule has 1 amide bonds. The molecule has 1 N–H and O–H groups in total. The maximum absolute atomic E-state index is 12.9. The Bertz CT molecular complexity index is 814. The van der Waals surface area contributed by atoms with Gasteiger partial charge in [0.15, 0.2) is 6.61 Å². The van der Waals surface area contributed by atoms with E-state index in [1.165, 1.54) is 38.5 Å². The molecule has 27 heavy (non-hydrogen) atoms. The number of amides is 1. The van der Waals surface area contributed by atoms with Crippen molar-refractivity contribution in [3.63, 3.8) is 0 Å². The van der Waals surface area contributed by atoms with Gasteiger partial charge >= 0.3 is 12.1 Å². The molecule has 9 heteroatoms. The summed E-state index contributed by atoms with van der Waals surface area (Å²) in [5.74, 6) is -1.50. The molecule has 6 nitrogen and oxygen atoms in total. The van der Waals surface area contributed by atoms with Crippen molar-refractivity contribution in [3.8, 4) is 11.5 Å². The van der Waals surface area contributed by atoms with E-state index < -0.39 is 35.9 Å². The van der Waals surface area contributed by atoms with Crippen LogP contribution in [0.1, 0.15) is 15.9 Å². The first-order valence-electron chi connectivity index (χ1n) is 7.62. The van der Waals surface area contributed by atoms with Gasteiger partial charge in [-0.2, -0.15) is 13.2 Å². The van der Waals surface area contributed by atoms with E-state index in [4.69, 9.17) is 14.2 Å². The predicted molar refractivity (Wildman–Crippen MR) is 89.9 cm³/mol. The van der Waals surface area contributed by atoms with Crippen LogP contribution in [0.25, 0.3) is 0 Å². The zero-order valence-electron chi connectivity index (χ0n) is 14.4. The number of halogens is 3. The summed E-state index contributed by atoms with van der Waals surface area (Å²) in [6.07, 6.45) is -4.63. The summed E-state index contributed by atoms with van der Waals surface area (Å²) in [6.45, 7) is -0.785. The van der Waals surface area contributed by atoms with Crippen LogP contribution in [0.3, 0.4) is 0 Å².